The maximum Gasteiger partial charge on any atom is 0.138 e. The molecule has 0 saturated heterocycles. The molecule has 0 bridgehead atoms. The zero-order valence-electron chi connectivity index (χ0n) is 11.7. The highest BCUT2D eigenvalue weighted by Gasteiger charge is 2.11. The van der Waals surface area contributed by atoms with E-state index in [-0.39, 0.29) is 0 Å². The molecular formula is C14H16N4S2. The Balaban J connectivity index is 2.02. The molecule has 0 spiro atoms. The van der Waals surface area contributed by atoms with Gasteiger partial charge >= 0.3 is 0 Å². The van der Waals surface area contributed by atoms with Crippen molar-refractivity contribution in [1.29, 1.82) is 0 Å². The van der Waals surface area contributed by atoms with Crippen molar-refractivity contribution in [3.05, 3.63) is 32.8 Å². The lowest BCUT2D eigenvalue weighted by atomic mass is 10.3. The van der Waals surface area contributed by atoms with E-state index in [0.29, 0.717) is 6.42 Å². The molecule has 0 aliphatic carbocycles. The second kappa shape index (κ2) is 5.46. The van der Waals surface area contributed by atoms with Gasteiger partial charge in [0, 0.05) is 16.8 Å². The van der Waals surface area contributed by atoms with E-state index in [1.54, 1.807) is 22.7 Å². The molecule has 6 heteroatoms. The monoisotopic (exact) mass is 304 g/mol. The van der Waals surface area contributed by atoms with Crippen LogP contribution in [0.1, 0.15) is 28.3 Å². The fourth-order valence-electron chi connectivity index (χ4n) is 2.12. The lowest BCUT2D eigenvalue weighted by molar-refractivity contribution is 0.958. The number of nitrogens with one attached hydrogen (secondary N) is 1. The summed E-state index contributed by atoms with van der Waals surface area (Å²) in [6.07, 6.45) is 0.690. The standard InChI is InChI=1S/C14H16N4S2/c1-4-15-13-11-5-8(2)20-14(11)18-12(17-13)6-10-7-19-9(3)16-10/h5,7H,4,6H2,1-3H3,(H,15,17,18). The zero-order chi connectivity index (χ0) is 14.1. The summed E-state index contributed by atoms with van der Waals surface area (Å²) in [5, 5.41) is 7.61. The summed E-state index contributed by atoms with van der Waals surface area (Å²) >= 11 is 3.38. The Morgan fingerprint density at radius 2 is 2.05 bits per heavy atom. The van der Waals surface area contributed by atoms with Gasteiger partial charge in [-0.25, -0.2) is 15.0 Å². The van der Waals surface area contributed by atoms with Crippen molar-refractivity contribution in [3.8, 4) is 0 Å². The summed E-state index contributed by atoms with van der Waals surface area (Å²) in [6, 6.07) is 2.15. The van der Waals surface area contributed by atoms with E-state index in [0.717, 1.165) is 39.1 Å². The van der Waals surface area contributed by atoms with E-state index in [2.05, 4.69) is 45.6 Å². The summed E-state index contributed by atoms with van der Waals surface area (Å²) in [7, 11) is 0. The number of hydrogen-bond donors (Lipinski definition) is 1. The number of thiazole rings is 1. The first kappa shape index (κ1) is 13.5. The van der Waals surface area contributed by atoms with Gasteiger partial charge in [0.2, 0.25) is 0 Å². The summed E-state index contributed by atoms with van der Waals surface area (Å²) in [4.78, 5) is 16.1. The number of hydrogen-bond acceptors (Lipinski definition) is 6. The molecule has 1 N–H and O–H groups in total. The molecule has 0 unspecified atom stereocenters. The highest BCUT2D eigenvalue weighted by atomic mass is 32.1. The van der Waals surface area contributed by atoms with Crippen molar-refractivity contribution in [3.63, 3.8) is 0 Å². The van der Waals surface area contributed by atoms with E-state index < -0.39 is 0 Å². The second-order valence-electron chi connectivity index (χ2n) is 4.63. The predicted octanol–water partition coefficient (Wildman–Crippen LogP) is 3.79. The number of rotatable bonds is 4. The van der Waals surface area contributed by atoms with Crippen LogP contribution in [0.4, 0.5) is 5.82 Å². The van der Waals surface area contributed by atoms with Gasteiger partial charge in [-0.05, 0) is 26.8 Å². The smallest absolute Gasteiger partial charge is 0.138 e. The van der Waals surface area contributed by atoms with Crippen molar-refractivity contribution >= 4 is 38.7 Å². The van der Waals surface area contributed by atoms with Crippen LogP contribution in [0.2, 0.25) is 0 Å². The van der Waals surface area contributed by atoms with Gasteiger partial charge in [-0.15, -0.1) is 22.7 Å². The molecule has 0 aromatic carbocycles. The second-order valence-corrected chi connectivity index (χ2v) is 6.93. The van der Waals surface area contributed by atoms with Gasteiger partial charge in [-0.1, -0.05) is 0 Å². The lowest BCUT2D eigenvalue weighted by Crippen LogP contribution is -2.04. The van der Waals surface area contributed by atoms with Crippen LogP contribution in [0.5, 0.6) is 0 Å². The lowest BCUT2D eigenvalue weighted by Gasteiger charge is -2.06. The van der Waals surface area contributed by atoms with Gasteiger partial charge in [0.15, 0.2) is 0 Å². The number of thiophene rings is 1. The van der Waals surface area contributed by atoms with Crippen LogP contribution >= 0.6 is 22.7 Å². The highest BCUT2D eigenvalue weighted by molar-refractivity contribution is 7.18. The molecule has 3 aromatic rings. The van der Waals surface area contributed by atoms with Crippen LogP contribution < -0.4 is 5.32 Å². The van der Waals surface area contributed by atoms with Gasteiger partial charge in [0.1, 0.15) is 16.5 Å². The molecule has 0 aliphatic heterocycles. The van der Waals surface area contributed by atoms with E-state index in [4.69, 9.17) is 0 Å². The quantitative estimate of drug-likeness (QED) is 0.797. The van der Waals surface area contributed by atoms with Gasteiger partial charge in [0.25, 0.3) is 0 Å². The molecular weight excluding hydrogens is 288 g/mol. The molecule has 104 valence electrons. The van der Waals surface area contributed by atoms with Crippen LogP contribution in [0.25, 0.3) is 10.2 Å². The van der Waals surface area contributed by atoms with Gasteiger partial charge < -0.3 is 5.32 Å². The first-order valence-electron chi connectivity index (χ1n) is 6.57. The molecule has 3 aromatic heterocycles. The summed E-state index contributed by atoms with van der Waals surface area (Å²) in [6.45, 7) is 7.06. The highest BCUT2D eigenvalue weighted by Crippen LogP contribution is 2.28. The van der Waals surface area contributed by atoms with Crippen LogP contribution in [0.3, 0.4) is 0 Å². The van der Waals surface area contributed by atoms with Crippen molar-refractivity contribution in [1.82, 2.24) is 15.0 Å². The number of fused-ring (bicyclic) bond motifs is 1. The Morgan fingerprint density at radius 3 is 2.75 bits per heavy atom. The SMILES string of the molecule is CCNc1nc(Cc2csc(C)n2)nc2sc(C)cc12. The molecule has 0 fully saturated rings. The Hall–Kier alpha value is -1.53. The van der Waals surface area contributed by atoms with E-state index in [1.165, 1.54) is 4.88 Å². The number of aryl methyl sites for hydroxylation is 2. The number of aromatic nitrogens is 3. The Bertz CT molecular complexity index is 745. The zero-order valence-corrected chi connectivity index (χ0v) is 13.4. The average Bonchev–Trinajstić information content (AvgIpc) is 2.95. The van der Waals surface area contributed by atoms with E-state index in [9.17, 15) is 0 Å². The Morgan fingerprint density at radius 1 is 1.20 bits per heavy atom. The molecule has 3 heterocycles. The maximum absolute atomic E-state index is 4.68. The van der Waals surface area contributed by atoms with Gasteiger partial charge in [-0.2, -0.15) is 0 Å². The van der Waals surface area contributed by atoms with Crippen molar-refractivity contribution in [2.24, 2.45) is 0 Å². The van der Waals surface area contributed by atoms with Crippen LogP contribution in [0.15, 0.2) is 11.4 Å². The minimum atomic E-state index is 0.690. The first-order chi connectivity index (χ1) is 9.65. The topological polar surface area (TPSA) is 50.7 Å². The number of nitrogens with zero attached hydrogens (tertiary/aromatic N) is 3. The molecule has 0 aliphatic rings. The van der Waals surface area contributed by atoms with Gasteiger partial charge in [0.05, 0.1) is 22.5 Å². The third-order valence-corrected chi connectivity index (χ3v) is 4.68. The van der Waals surface area contributed by atoms with Crippen molar-refractivity contribution in [2.75, 3.05) is 11.9 Å². The minimum absolute atomic E-state index is 0.690. The van der Waals surface area contributed by atoms with Crippen LogP contribution in [0, 0.1) is 13.8 Å². The Kier molecular flexibility index (Phi) is 3.67. The first-order valence-corrected chi connectivity index (χ1v) is 8.27. The molecule has 0 saturated carbocycles. The molecule has 0 amide bonds. The molecule has 0 radical (unpaired) electrons. The molecule has 0 atom stereocenters. The minimum Gasteiger partial charge on any atom is -0.370 e. The summed E-state index contributed by atoms with van der Waals surface area (Å²) in [5.41, 5.74) is 1.04. The fourth-order valence-corrected chi connectivity index (χ4v) is 3.63. The summed E-state index contributed by atoms with van der Waals surface area (Å²) < 4.78 is 0. The molecule has 4 nitrogen and oxygen atoms in total. The largest absolute Gasteiger partial charge is 0.370 e. The normalized spacial score (nSPS) is 11.2. The van der Waals surface area contributed by atoms with Crippen molar-refractivity contribution in [2.45, 2.75) is 27.2 Å². The Labute approximate surface area is 125 Å². The van der Waals surface area contributed by atoms with E-state index >= 15 is 0 Å². The van der Waals surface area contributed by atoms with Crippen LogP contribution in [-0.4, -0.2) is 21.5 Å². The van der Waals surface area contributed by atoms with Crippen LogP contribution in [-0.2, 0) is 6.42 Å². The number of anilines is 1. The third-order valence-electron chi connectivity index (χ3n) is 2.91. The fraction of sp³-hybridized carbons (Fsp3) is 0.357. The molecule has 3 rings (SSSR count). The predicted molar refractivity (Wildman–Crippen MR) is 86.0 cm³/mol. The van der Waals surface area contributed by atoms with E-state index in [1.807, 2.05) is 6.92 Å². The average molecular weight is 304 g/mol. The summed E-state index contributed by atoms with van der Waals surface area (Å²) in [5.74, 6) is 1.77. The maximum atomic E-state index is 4.68. The third kappa shape index (κ3) is 2.66. The van der Waals surface area contributed by atoms with Gasteiger partial charge in [-0.3, -0.25) is 0 Å². The molecule has 20 heavy (non-hydrogen) atoms. The van der Waals surface area contributed by atoms with Crippen molar-refractivity contribution < 1.29 is 0 Å².